The second-order valence-corrected chi connectivity index (χ2v) is 2.69. The van der Waals surface area contributed by atoms with E-state index < -0.39 is 5.97 Å². The second kappa shape index (κ2) is 1.99. The zero-order chi connectivity index (χ0) is 7.02. The Balaban J connectivity index is 2.36. The molecule has 0 spiro atoms. The van der Waals surface area contributed by atoms with Crippen LogP contribution in [0, 0.1) is 11.8 Å². The molecule has 1 rings (SSSR count). The van der Waals surface area contributed by atoms with E-state index in [0.29, 0.717) is 0 Å². The topological polar surface area (TPSA) is 63.3 Å². The van der Waals surface area contributed by atoms with E-state index in [4.69, 9.17) is 10.8 Å². The van der Waals surface area contributed by atoms with Crippen LogP contribution >= 0.6 is 0 Å². The molecule has 0 radical (unpaired) electrons. The van der Waals surface area contributed by atoms with Gasteiger partial charge in [0, 0.05) is 6.04 Å². The second-order valence-electron chi connectivity index (χ2n) is 2.69. The highest BCUT2D eigenvalue weighted by Gasteiger charge is 2.41. The first-order valence-corrected chi connectivity index (χ1v) is 3.11. The van der Waals surface area contributed by atoms with Crippen LogP contribution in [0.1, 0.15) is 13.3 Å². The number of aliphatic carboxylic acids is 1. The van der Waals surface area contributed by atoms with E-state index in [1.165, 1.54) is 0 Å². The lowest BCUT2D eigenvalue weighted by atomic mass is 10.1. The normalized spacial score (nSPS) is 35.8. The van der Waals surface area contributed by atoms with Crippen LogP contribution in [0.15, 0.2) is 0 Å². The Bertz CT molecular complexity index is 135. The van der Waals surface area contributed by atoms with E-state index in [1.54, 1.807) is 6.92 Å². The maximum atomic E-state index is 10.3. The Kier molecular flexibility index (Phi) is 1.45. The molecule has 0 bridgehead atoms. The minimum Gasteiger partial charge on any atom is -0.481 e. The molecule has 2 unspecified atom stereocenters. The van der Waals surface area contributed by atoms with Gasteiger partial charge in [-0.1, -0.05) is 6.92 Å². The van der Waals surface area contributed by atoms with E-state index in [2.05, 4.69) is 0 Å². The first-order valence-electron chi connectivity index (χ1n) is 3.11. The number of carboxylic acid groups (broad SMARTS) is 1. The lowest BCUT2D eigenvalue weighted by Gasteiger charge is -2.00. The molecule has 1 aliphatic carbocycles. The Hall–Kier alpha value is -0.570. The molecule has 9 heavy (non-hydrogen) atoms. The molecule has 1 aliphatic rings. The fourth-order valence-corrected chi connectivity index (χ4v) is 0.994. The zero-order valence-electron chi connectivity index (χ0n) is 5.37. The van der Waals surface area contributed by atoms with Gasteiger partial charge in [0.1, 0.15) is 0 Å². The number of carboxylic acids is 1. The number of carbonyl (C=O) groups is 1. The van der Waals surface area contributed by atoms with Gasteiger partial charge in [0.25, 0.3) is 0 Å². The molecule has 1 saturated carbocycles. The fourth-order valence-electron chi connectivity index (χ4n) is 0.994. The monoisotopic (exact) mass is 129 g/mol. The van der Waals surface area contributed by atoms with Crippen molar-refractivity contribution in [3.63, 3.8) is 0 Å². The van der Waals surface area contributed by atoms with Gasteiger partial charge in [-0.3, -0.25) is 4.79 Å². The molecule has 52 valence electrons. The van der Waals surface area contributed by atoms with E-state index in [0.717, 1.165) is 6.42 Å². The number of rotatable bonds is 2. The van der Waals surface area contributed by atoms with Crippen molar-refractivity contribution in [1.29, 1.82) is 0 Å². The first-order chi connectivity index (χ1) is 4.13. The van der Waals surface area contributed by atoms with Crippen LogP contribution in [0.3, 0.4) is 0 Å². The number of nitrogens with two attached hydrogens (primary N) is 1. The molecular weight excluding hydrogens is 118 g/mol. The smallest absolute Gasteiger partial charge is 0.306 e. The van der Waals surface area contributed by atoms with E-state index in [-0.39, 0.29) is 17.9 Å². The van der Waals surface area contributed by atoms with Crippen LogP contribution in [0.5, 0.6) is 0 Å². The Labute approximate surface area is 53.9 Å². The Morgan fingerprint density at radius 1 is 1.89 bits per heavy atom. The van der Waals surface area contributed by atoms with Gasteiger partial charge >= 0.3 is 5.97 Å². The van der Waals surface area contributed by atoms with Crippen LogP contribution in [0.4, 0.5) is 0 Å². The summed E-state index contributed by atoms with van der Waals surface area (Å²) in [5, 5.41) is 8.45. The van der Waals surface area contributed by atoms with E-state index in [9.17, 15) is 4.79 Å². The van der Waals surface area contributed by atoms with Crippen molar-refractivity contribution in [2.45, 2.75) is 19.4 Å². The SMILES string of the molecule is C[C@@H](C(=O)O)C1CC1N. The van der Waals surface area contributed by atoms with Crippen LogP contribution in [0.25, 0.3) is 0 Å². The quantitative estimate of drug-likeness (QED) is 0.554. The van der Waals surface area contributed by atoms with Crippen LogP contribution in [-0.4, -0.2) is 17.1 Å². The van der Waals surface area contributed by atoms with Crippen LogP contribution in [-0.2, 0) is 4.79 Å². The average molecular weight is 129 g/mol. The standard InChI is InChI=1S/C6H11NO2/c1-3(6(8)9)4-2-5(4)7/h3-5H,2,7H2,1H3,(H,8,9)/t3-,4?,5?/m1/s1. The molecule has 3 atom stereocenters. The lowest BCUT2D eigenvalue weighted by molar-refractivity contribution is -0.141. The van der Waals surface area contributed by atoms with Crippen molar-refractivity contribution in [2.75, 3.05) is 0 Å². The summed E-state index contributed by atoms with van der Waals surface area (Å²) in [5.74, 6) is -0.740. The van der Waals surface area contributed by atoms with Crippen molar-refractivity contribution in [1.82, 2.24) is 0 Å². The zero-order valence-corrected chi connectivity index (χ0v) is 5.37. The molecule has 0 aliphatic heterocycles. The molecule has 0 amide bonds. The molecule has 1 fully saturated rings. The van der Waals surface area contributed by atoms with E-state index >= 15 is 0 Å². The lowest BCUT2D eigenvalue weighted by Crippen LogP contribution is -2.16. The van der Waals surface area contributed by atoms with Crippen LogP contribution in [0.2, 0.25) is 0 Å². The average Bonchev–Trinajstić information content (AvgIpc) is 2.44. The van der Waals surface area contributed by atoms with Crippen molar-refractivity contribution >= 4 is 5.97 Å². The predicted octanol–water partition coefficient (Wildman–Crippen LogP) is 0.0543. The fraction of sp³-hybridized carbons (Fsp3) is 0.833. The highest BCUT2D eigenvalue weighted by molar-refractivity contribution is 5.70. The first kappa shape index (κ1) is 6.55. The van der Waals surface area contributed by atoms with Crippen molar-refractivity contribution < 1.29 is 9.90 Å². The van der Waals surface area contributed by atoms with Crippen molar-refractivity contribution in [3.8, 4) is 0 Å². The highest BCUT2D eigenvalue weighted by Crippen LogP contribution is 2.35. The van der Waals surface area contributed by atoms with Gasteiger partial charge in [0.15, 0.2) is 0 Å². The summed E-state index contributed by atoms with van der Waals surface area (Å²) >= 11 is 0. The Morgan fingerprint density at radius 2 is 2.33 bits per heavy atom. The third kappa shape index (κ3) is 1.21. The minimum atomic E-state index is -0.729. The van der Waals surface area contributed by atoms with Crippen molar-refractivity contribution in [3.05, 3.63) is 0 Å². The largest absolute Gasteiger partial charge is 0.481 e. The molecule has 0 aromatic rings. The maximum absolute atomic E-state index is 10.3. The van der Waals surface area contributed by atoms with Crippen molar-refractivity contribution in [2.24, 2.45) is 17.6 Å². The number of hydrogen-bond acceptors (Lipinski definition) is 2. The van der Waals surface area contributed by atoms with Gasteiger partial charge < -0.3 is 10.8 Å². The molecule has 3 N–H and O–H groups in total. The molecule has 3 nitrogen and oxygen atoms in total. The molecule has 0 aromatic heterocycles. The highest BCUT2D eigenvalue weighted by atomic mass is 16.4. The van der Waals surface area contributed by atoms with Gasteiger partial charge in [-0.05, 0) is 12.3 Å². The molecule has 3 heteroatoms. The van der Waals surface area contributed by atoms with Gasteiger partial charge in [-0.2, -0.15) is 0 Å². The van der Waals surface area contributed by atoms with Gasteiger partial charge in [0.05, 0.1) is 5.92 Å². The van der Waals surface area contributed by atoms with Gasteiger partial charge in [-0.25, -0.2) is 0 Å². The van der Waals surface area contributed by atoms with E-state index in [1.807, 2.05) is 0 Å². The Morgan fingerprint density at radius 3 is 2.44 bits per heavy atom. The predicted molar refractivity (Wildman–Crippen MR) is 32.9 cm³/mol. The summed E-state index contributed by atoms with van der Waals surface area (Å²) in [6, 6.07) is 0.149. The summed E-state index contributed by atoms with van der Waals surface area (Å²) in [4.78, 5) is 10.3. The molecular formula is C6H11NO2. The summed E-state index contributed by atoms with van der Waals surface area (Å²) in [6.45, 7) is 1.71. The summed E-state index contributed by atoms with van der Waals surface area (Å²) in [7, 11) is 0. The minimum absolute atomic E-state index is 0.149. The third-order valence-electron chi connectivity index (χ3n) is 1.92. The molecule has 0 aromatic carbocycles. The maximum Gasteiger partial charge on any atom is 0.306 e. The molecule has 0 saturated heterocycles. The molecule has 0 heterocycles. The summed E-state index contributed by atoms with van der Waals surface area (Å²) < 4.78 is 0. The third-order valence-corrected chi connectivity index (χ3v) is 1.92. The van der Waals surface area contributed by atoms with Gasteiger partial charge in [-0.15, -0.1) is 0 Å². The number of hydrogen-bond donors (Lipinski definition) is 2. The summed E-state index contributed by atoms with van der Waals surface area (Å²) in [5.41, 5.74) is 5.44. The van der Waals surface area contributed by atoms with Gasteiger partial charge in [0.2, 0.25) is 0 Å². The van der Waals surface area contributed by atoms with Crippen LogP contribution < -0.4 is 5.73 Å². The summed E-state index contributed by atoms with van der Waals surface area (Å²) in [6.07, 6.45) is 0.882.